The second-order valence-electron chi connectivity index (χ2n) is 7.27. The molecule has 31 heavy (non-hydrogen) atoms. The van der Waals surface area contributed by atoms with Crippen molar-refractivity contribution in [2.24, 2.45) is 0 Å². The first-order chi connectivity index (χ1) is 15.0. The van der Waals surface area contributed by atoms with Crippen molar-refractivity contribution in [1.29, 1.82) is 5.41 Å². The predicted octanol–water partition coefficient (Wildman–Crippen LogP) is 4.35. The maximum absolute atomic E-state index is 10.9. The quantitative estimate of drug-likeness (QED) is 0.305. The van der Waals surface area contributed by atoms with E-state index in [1.807, 2.05) is 41.0 Å². The first-order valence-corrected chi connectivity index (χ1v) is 10.1. The number of ether oxygens (including phenoxy) is 1. The third kappa shape index (κ3) is 4.48. The van der Waals surface area contributed by atoms with E-state index in [0.29, 0.717) is 23.4 Å². The monoisotopic (exact) mass is 417 g/mol. The number of carboxylic acid groups (broad SMARTS) is 1. The summed E-state index contributed by atoms with van der Waals surface area (Å²) in [6.07, 6.45) is 3.26. The molecule has 0 radical (unpaired) electrons. The number of fused-ring (bicyclic) bond motifs is 1. The molecule has 2 aromatic carbocycles. The van der Waals surface area contributed by atoms with E-state index in [1.54, 1.807) is 18.5 Å². The zero-order chi connectivity index (χ0) is 21.8. The highest BCUT2D eigenvalue weighted by molar-refractivity contribution is 5.74. The third-order valence-electron chi connectivity index (χ3n) is 5.04. The van der Waals surface area contributed by atoms with Crippen molar-refractivity contribution >= 4 is 17.3 Å². The number of hydrogen-bond acceptors (Lipinski definition) is 5. The van der Waals surface area contributed by atoms with Crippen LogP contribution in [0, 0.1) is 5.41 Å². The van der Waals surface area contributed by atoms with Crippen molar-refractivity contribution < 1.29 is 14.6 Å². The Labute approximate surface area is 178 Å². The Morgan fingerprint density at radius 2 is 1.97 bits per heavy atom. The second-order valence-corrected chi connectivity index (χ2v) is 7.27. The van der Waals surface area contributed by atoms with Crippen LogP contribution in [0.2, 0.25) is 0 Å². The smallest absolute Gasteiger partial charge is 0.449 e. The molecule has 0 saturated carbocycles. The van der Waals surface area contributed by atoms with E-state index in [-0.39, 0.29) is 5.49 Å². The van der Waals surface area contributed by atoms with Gasteiger partial charge in [-0.15, -0.1) is 0 Å². The average molecular weight is 417 g/mol. The van der Waals surface area contributed by atoms with E-state index in [2.05, 4.69) is 21.9 Å². The van der Waals surface area contributed by atoms with Gasteiger partial charge in [0.2, 0.25) is 0 Å². The summed E-state index contributed by atoms with van der Waals surface area (Å²) in [6, 6.07) is 14.8. The van der Waals surface area contributed by atoms with Crippen molar-refractivity contribution in [3.63, 3.8) is 0 Å². The lowest BCUT2D eigenvalue weighted by Gasteiger charge is -2.10. The average Bonchev–Trinajstić information content (AvgIpc) is 3.20. The first-order valence-electron chi connectivity index (χ1n) is 10.1. The molecular weight excluding hydrogens is 394 g/mol. The number of para-hydroxylation sites is 1. The van der Waals surface area contributed by atoms with E-state index in [9.17, 15) is 4.79 Å². The van der Waals surface area contributed by atoms with E-state index in [0.717, 1.165) is 41.9 Å². The molecule has 8 heteroatoms. The summed E-state index contributed by atoms with van der Waals surface area (Å²) in [7, 11) is 0. The molecule has 0 spiro atoms. The van der Waals surface area contributed by atoms with Crippen LogP contribution in [0.1, 0.15) is 31.2 Å². The van der Waals surface area contributed by atoms with Crippen LogP contribution in [0.15, 0.2) is 54.9 Å². The molecule has 0 unspecified atom stereocenters. The van der Waals surface area contributed by atoms with Crippen LogP contribution in [-0.2, 0) is 13.0 Å². The lowest BCUT2D eigenvalue weighted by molar-refractivity contribution is 0.144. The number of hydrogen-bond donors (Lipinski definition) is 3. The standard InChI is InChI=1S/C23H23N5O3/c1-2-3-8-19-26-20-21(24)25-14-28(22(20)27-19)13-15-9-11-16(12-10-15)17-6-4-5-7-18(17)31-23(29)30/h4-7,9-12,14,24H,2-3,8,13H2,1H3,(H,26,27)(H,29,30). The Morgan fingerprint density at radius 3 is 2.71 bits per heavy atom. The van der Waals surface area contributed by atoms with Gasteiger partial charge in [-0.05, 0) is 23.6 Å². The van der Waals surface area contributed by atoms with E-state index < -0.39 is 6.16 Å². The molecule has 0 aliphatic rings. The fraction of sp³-hybridized carbons (Fsp3) is 0.217. The molecule has 0 amide bonds. The molecule has 8 nitrogen and oxygen atoms in total. The van der Waals surface area contributed by atoms with Crippen molar-refractivity contribution in [2.75, 3.05) is 0 Å². The maximum Gasteiger partial charge on any atom is 0.511 e. The van der Waals surface area contributed by atoms with Gasteiger partial charge in [-0.1, -0.05) is 55.8 Å². The van der Waals surface area contributed by atoms with Crippen molar-refractivity contribution in [3.8, 4) is 16.9 Å². The Balaban J connectivity index is 1.61. The van der Waals surface area contributed by atoms with Crippen LogP contribution in [0.3, 0.4) is 0 Å². The summed E-state index contributed by atoms with van der Waals surface area (Å²) < 4.78 is 6.82. The Bertz CT molecular complexity index is 1270. The molecule has 158 valence electrons. The minimum Gasteiger partial charge on any atom is -0.449 e. The number of H-pyrrole nitrogens is 1. The number of aryl methyl sites for hydroxylation is 1. The normalized spacial score (nSPS) is 11.0. The SMILES string of the molecule is CCCCc1nc2c([nH]1)c(=N)ncn2Cc1ccc(-c2ccccc2OC(=O)O)cc1. The fourth-order valence-corrected chi connectivity index (χ4v) is 3.48. The van der Waals surface area contributed by atoms with Crippen molar-refractivity contribution in [3.05, 3.63) is 71.7 Å². The zero-order valence-electron chi connectivity index (χ0n) is 17.1. The van der Waals surface area contributed by atoms with E-state index in [1.165, 1.54) is 0 Å². The number of carbonyl (C=O) groups is 1. The molecule has 2 heterocycles. The summed E-state index contributed by atoms with van der Waals surface area (Å²) >= 11 is 0. The number of benzene rings is 2. The van der Waals surface area contributed by atoms with Gasteiger partial charge < -0.3 is 19.4 Å². The number of rotatable bonds is 7. The first kappa shape index (κ1) is 20.3. The van der Waals surface area contributed by atoms with Crippen LogP contribution in [0.5, 0.6) is 5.75 Å². The highest BCUT2D eigenvalue weighted by atomic mass is 16.7. The molecule has 0 fully saturated rings. The highest BCUT2D eigenvalue weighted by Crippen LogP contribution is 2.30. The van der Waals surface area contributed by atoms with Crippen LogP contribution in [-0.4, -0.2) is 30.8 Å². The van der Waals surface area contributed by atoms with Gasteiger partial charge in [0.1, 0.15) is 17.1 Å². The van der Waals surface area contributed by atoms with E-state index in [4.69, 9.17) is 15.3 Å². The number of unbranched alkanes of at least 4 members (excludes halogenated alkanes) is 1. The molecule has 2 aromatic heterocycles. The maximum atomic E-state index is 10.9. The summed E-state index contributed by atoms with van der Waals surface area (Å²) in [5.74, 6) is 1.17. The van der Waals surface area contributed by atoms with Gasteiger partial charge in [0.25, 0.3) is 0 Å². The Kier molecular flexibility index (Phi) is 5.79. The summed E-state index contributed by atoms with van der Waals surface area (Å²) in [5.41, 5.74) is 4.15. The topological polar surface area (TPSA) is 117 Å². The molecule has 0 aliphatic heterocycles. The summed E-state index contributed by atoms with van der Waals surface area (Å²) in [4.78, 5) is 23.1. The van der Waals surface area contributed by atoms with Gasteiger partial charge in [0.15, 0.2) is 11.1 Å². The van der Waals surface area contributed by atoms with Gasteiger partial charge in [0, 0.05) is 12.0 Å². The second kappa shape index (κ2) is 8.83. The van der Waals surface area contributed by atoms with Crippen molar-refractivity contribution in [1.82, 2.24) is 19.5 Å². The van der Waals surface area contributed by atoms with Crippen LogP contribution in [0.4, 0.5) is 4.79 Å². The molecule has 0 atom stereocenters. The number of nitrogens with one attached hydrogen (secondary N) is 2. The van der Waals surface area contributed by atoms with Crippen molar-refractivity contribution in [2.45, 2.75) is 32.7 Å². The number of nitrogens with zero attached hydrogens (tertiary/aromatic N) is 3. The largest absolute Gasteiger partial charge is 0.511 e. The lowest BCUT2D eigenvalue weighted by Crippen LogP contribution is -2.13. The molecule has 0 saturated heterocycles. The predicted molar refractivity (Wildman–Crippen MR) is 116 cm³/mol. The minimum atomic E-state index is -1.34. The third-order valence-corrected chi connectivity index (χ3v) is 5.04. The van der Waals surface area contributed by atoms with Gasteiger partial charge in [-0.3, -0.25) is 5.41 Å². The van der Waals surface area contributed by atoms with Gasteiger partial charge in [-0.2, -0.15) is 0 Å². The fourth-order valence-electron chi connectivity index (χ4n) is 3.48. The summed E-state index contributed by atoms with van der Waals surface area (Å²) in [5, 5.41) is 17.0. The molecular formula is C23H23N5O3. The number of imidazole rings is 1. The molecule has 4 aromatic rings. The van der Waals surface area contributed by atoms with Crippen LogP contribution >= 0.6 is 0 Å². The highest BCUT2D eigenvalue weighted by Gasteiger charge is 2.11. The zero-order valence-corrected chi connectivity index (χ0v) is 17.1. The summed E-state index contributed by atoms with van der Waals surface area (Å²) in [6.45, 7) is 2.69. The van der Waals surface area contributed by atoms with Gasteiger partial charge >= 0.3 is 6.16 Å². The van der Waals surface area contributed by atoms with Gasteiger partial charge in [0.05, 0.1) is 12.9 Å². The Morgan fingerprint density at radius 1 is 1.19 bits per heavy atom. The minimum absolute atomic E-state index is 0.187. The van der Waals surface area contributed by atoms with Crippen LogP contribution in [0.25, 0.3) is 22.3 Å². The Hall–Kier alpha value is -3.94. The molecule has 0 aliphatic carbocycles. The molecule has 3 N–H and O–H groups in total. The molecule has 0 bridgehead atoms. The van der Waals surface area contributed by atoms with Crippen LogP contribution < -0.4 is 10.2 Å². The number of aromatic nitrogens is 4. The van der Waals surface area contributed by atoms with E-state index >= 15 is 0 Å². The lowest BCUT2D eigenvalue weighted by atomic mass is 10.0. The van der Waals surface area contributed by atoms with Gasteiger partial charge in [-0.25, -0.2) is 14.8 Å². The number of aromatic amines is 1. The molecule has 4 rings (SSSR count).